The Morgan fingerprint density at radius 1 is 1.38 bits per heavy atom. The van der Waals surface area contributed by atoms with E-state index >= 15 is 0 Å². The molecule has 1 atom stereocenters. The fraction of sp³-hybridized carbons (Fsp3) is 0.333. The van der Waals surface area contributed by atoms with Gasteiger partial charge in [-0.25, -0.2) is 9.59 Å². The molecule has 24 heavy (non-hydrogen) atoms. The molecule has 0 unspecified atom stereocenters. The number of hydrogen-bond donors (Lipinski definition) is 1. The van der Waals surface area contributed by atoms with Crippen molar-refractivity contribution in [3.63, 3.8) is 0 Å². The fourth-order valence-corrected chi connectivity index (χ4v) is 2.50. The zero-order chi connectivity index (χ0) is 18.0. The van der Waals surface area contributed by atoms with Crippen LogP contribution in [0.3, 0.4) is 0 Å². The summed E-state index contributed by atoms with van der Waals surface area (Å²) in [6.07, 6.45) is 0. The summed E-state index contributed by atoms with van der Waals surface area (Å²) in [4.78, 5) is 36.1. The summed E-state index contributed by atoms with van der Waals surface area (Å²) >= 11 is 0. The smallest absolute Gasteiger partial charge is 0.337 e. The first kappa shape index (κ1) is 17.3. The number of nitrogens with one attached hydrogen (secondary N) is 1. The number of esters is 1. The Hall–Kier alpha value is -3.10. The van der Waals surface area contributed by atoms with E-state index in [0.29, 0.717) is 17.0 Å². The Morgan fingerprint density at radius 2 is 2.04 bits per heavy atom. The maximum absolute atomic E-state index is 12.2. The molecule has 0 aromatic heterocycles. The first-order chi connectivity index (χ1) is 11.3. The molecule has 1 aliphatic heterocycles. The van der Waals surface area contributed by atoms with Crippen molar-refractivity contribution in [2.75, 3.05) is 21.3 Å². The summed E-state index contributed by atoms with van der Waals surface area (Å²) in [6.45, 7) is 1.60. The lowest BCUT2D eigenvalue weighted by Crippen LogP contribution is -2.46. The normalized spacial score (nSPS) is 17.4. The number of nitrogens with zero attached hydrogens (tertiary/aromatic N) is 2. The van der Waals surface area contributed by atoms with Crippen LogP contribution in [0.4, 0.5) is 10.5 Å². The Kier molecular flexibility index (Phi) is 4.72. The van der Waals surface area contributed by atoms with Gasteiger partial charge in [0.25, 0.3) is 5.69 Å². The van der Waals surface area contributed by atoms with Gasteiger partial charge < -0.3 is 19.7 Å². The van der Waals surface area contributed by atoms with E-state index in [1.807, 2.05) is 0 Å². The van der Waals surface area contributed by atoms with Crippen LogP contribution in [0.1, 0.15) is 18.5 Å². The highest BCUT2D eigenvalue weighted by Crippen LogP contribution is 2.37. The van der Waals surface area contributed by atoms with E-state index in [1.54, 1.807) is 6.92 Å². The van der Waals surface area contributed by atoms with Gasteiger partial charge in [0.15, 0.2) is 0 Å². The number of nitro benzene ring substituents is 1. The molecular weight excluding hydrogens is 318 g/mol. The van der Waals surface area contributed by atoms with E-state index in [4.69, 9.17) is 9.47 Å². The van der Waals surface area contributed by atoms with Crippen molar-refractivity contribution in [2.24, 2.45) is 0 Å². The Bertz CT molecular complexity index is 743. The van der Waals surface area contributed by atoms with E-state index in [2.05, 4.69) is 5.32 Å². The van der Waals surface area contributed by atoms with Gasteiger partial charge in [-0.15, -0.1) is 0 Å². The summed E-state index contributed by atoms with van der Waals surface area (Å²) in [7, 11) is 4.13. The molecule has 2 rings (SSSR count). The average molecular weight is 335 g/mol. The monoisotopic (exact) mass is 335 g/mol. The molecule has 9 heteroatoms. The van der Waals surface area contributed by atoms with Gasteiger partial charge in [0.2, 0.25) is 0 Å². The molecule has 0 bridgehead atoms. The summed E-state index contributed by atoms with van der Waals surface area (Å²) in [5, 5.41) is 13.7. The van der Waals surface area contributed by atoms with Gasteiger partial charge in [0.1, 0.15) is 5.75 Å². The number of carbonyl (C=O) groups excluding carboxylic acids is 2. The second-order valence-electron chi connectivity index (χ2n) is 5.12. The average Bonchev–Trinajstić information content (AvgIpc) is 2.58. The molecule has 0 radical (unpaired) electrons. The quantitative estimate of drug-likeness (QED) is 0.510. The molecule has 1 heterocycles. The number of ether oxygens (including phenoxy) is 2. The molecule has 0 spiro atoms. The number of methoxy groups -OCH3 is 2. The fourth-order valence-electron chi connectivity index (χ4n) is 2.50. The van der Waals surface area contributed by atoms with Crippen molar-refractivity contribution in [1.29, 1.82) is 0 Å². The van der Waals surface area contributed by atoms with Crippen molar-refractivity contribution in [3.8, 4) is 5.75 Å². The molecule has 0 saturated carbocycles. The van der Waals surface area contributed by atoms with Gasteiger partial charge >= 0.3 is 12.0 Å². The van der Waals surface area contributed by atoms with E-state index in [1.165, 1.54) is 44.4 Å². The maximum Gasteiger partial charge on any atom is 0.337 e. The third-order valence-electron chi connectivity index (χ3n) is 3.89. The molecule has 0 saturated heterocycles. The van der Waals surface area contributed by atoms with E-state index in [0.717, 1.165) is 0 Å². The van der Waals surface area contributed by atoms with E-state index in [9.17, 15) is 19.7 Å². The summed E-state index contributed by atoms with van der Waals surface area (Å²) in [6, 6.07) is 2.61. The SMILES string of the molecule is COC(=O)C1=C(C)N(C)C(=O)N[C@@H]1c1cc([N+](=O)[O-])ccc1OC. The summed E-state index contributed by atoms with van der Waals surface area (Å²) in [5.74, 6) is -0.331. The van der Waals surface area contributed by atoms with Crippen LogP contribution in [0, 0.1) is 10.1 Å². The topological polar surface area (TPSA) is 111 Å². The minimum Gasteiger partial charge on any atom is -0.496 e. The van der Waals surface area contributed by atoms with Crippen LogP contribution < -0.4 is 10.1 Å². The van der Waals surface area contributed by atoms with Crippen molar-refractivity contribution >= 4 is 17.7 Å². The largest absolute Gasteiger partial charge is 0.496 e. The molecular formula is C15H17N3O6. The number of allylic oxidation sites excluding steroid dienone is 1. The molecule has 0 fully saturated rings. The predicted octanol–water partition coefficient (Wildman–Crippen LogP) is 1.75. The second-order valence-corrected chi connectivity index (χ2v) is 5.12. The van der Waals surface area contributed by atoms with Crippen molar-refractivity contribution in [3.05, 3.63) is 45.1 Å². The Balaban J connectivity index is 2.68. The lowest BCUT2D eigenvalue weighted by atomic mass is 9.94. The number of non-ortho nitro benzene ring substituents is 1. The highest BCUT2D eigenvalue weighted by Gasteiger charge is 2.36. The third kappa shape index (κ3) is 2.87. The number of urea groups is 1. The standard InChI is InChI=1S/C15H17N3O6/c1-8-12(14(19)24-4)13(16-15(20)17(8)2)10-7-9(18(21)22)5-6-11(10)23-3/h5-7,13H,1-4H3,(H,16,20)/t13-/m1/s1. The molecule has 0 aliphatic carbocycles. The lowest BCUT2D eigenvalue weighted by molar-refractivity contribution is -0.385. The van der Waals surface area contributed by atoms with Crippen LogP contribution in [-0.2, 0) is 9.53 Å². The highest BCUT2D eigenvalue weighted by molar-refractivity contribution is 5.95. The minimum absolute atomic E-state index is 0.179. The van der Waals surface area contributed by atoms with Gasteiger partial charge in [0, 0.05) is 30.4 Å². The van der Waals surface area contributed by atoms with E-state index in [-0.39, 0.29) is 11.3 Å². The molecule has 1 aliphatic rings. The molecule has 1 N–H and O–H groups in total. The van der Waals surface area contributed by atoms with Crippen LogP contribution in [0.25, 0.3) is 0 Å². The van der Waals surface area contributed by atoms with Gasteiger partial charge in [-0.3, -0.25) is 10.1 Å². The summed E-state index contributed by atoms with van der Waals surface area (Å²) in [5.41, 5.74) is 0.691. The maximum atomic E-state index is 12.2. The van der Waals surface area contributed by atoms with Crippen LogP contribution in [0.5, 0.6) is 5.75 Å². The van der Waals surface area contributed by atoms with Gasteiger partial charge in [0.05, 0.1) is 30.8 Å². The summed E-state index contributed by atoms with van der Waals surface area (Å²) < 4.78 is 10.0. The van der Waals surface area contributed by atoms with Crippen LogP contribution >= 0.6 is 0 Å². The van der Waals surface area contributed by atoms with Crippen LogP contribution in [-0.4, -0.2) is 43.1 Å². The van der Waals surface area contributed by atoms with Crippen molar-refractivity contribution in [1.82, 2.24) is 10.2 Å². The number of rotatable bonds is 4. The molecule has 128 valence electrons. The zero-order valence-corrected chi connectivity index (χ0v) is 13.7. The molecule has 9 nitrogen and oxygen atoms in total. The number of benzene rings is 1. The Morgan fingerprint density at radius 3 is 2.58 bits per heavy atom. The van der Waals surface area contributed by atoms with Gasteiger partial charge in [-0.1, -0.05) is 0 Å². The minimum atomic E-state index is -0.920. The van der Waals surface area contributed by atoms with Gasteiger partial charge in [-0.2, -0.15) is 0 Å². The number of nitro groups is 1. The first-order valence-corrected chi connectivity index (χ1v) is 6.97. The molecule has 1 aromatic carbocycles. The van der Waals surface area contributed by atoms with E-state index < -0.39 is 23.0 Å². The predicted molar refractivity (Wildman–Crippen MR) is 83.4 cm³/mol. The molecule has 2 amide bonds. The first-order valence-electron chi connectivity index (χ1n) is 6.97. The van der Waals surface area contributed by atoms with Crippen LogP contribution in [0.2, 0.25) is 0 Å². The zero-order valence-electron chi connectivity index (χ0n) is 13.7. The van der Waals surface area contributed by atoms with Crippen molar-refractivity contribution in [2.45, 2.75) is 13.0 Å². The number of hydrogen-bond acceptors (Lipinski definition) is 6. The number of carbonyl (C=O) groups is 2. The van der Waals surface area contributed by atoms with Crippen molar-refractivity contribution < 1.29 is 24.0 Å². The lowest BCUT2D eigenvalue weighted by Gasteiger charge is -2.33. The highest BCUT2D eigenvalue weighted by atomic mass is 16.6. The number of amides is 2. The molecule has 1 aromatic rings. The van der Waals surface area contributed by atoms with Crippen LogP contribution in [0.15, 0.2) is 29.5 Å². The second kappa shape index (κ2) is 6.57. The third-order valence-corrected chi connectivity index (χ3v) is 3.89. The van der Waals surface area contributed by atoms with Gasteiger partial charge in [-0.05, 0) is 13.0 Å². The Labute approximate surface area is 138 Å².